The molecule has 2 aliphatic rings. The fraction of sp³-hybridized carbons (Fsp3) is 0.171. The molecule has 0 bridgehead atoms. The zero-order valence-electron chi connectivity index (χ0n) is 27.4. The number of hydrogen-bond acceptors (Lipinski definition) is 5. The first kappa shape index (κ1) is 30.0. The Hall–Kier alpha value is -5.40. The highest BCUT2D eigenvalue weighted by atomic mass is 32.1. The average Bonchev–Trinajstić information content (AvgIpc) is 3.59. The molecule has 1 aliphatic heterocycles. The molecule has 4 aromatic carbocycles. The number of allylic oxidation sites excluding steroid dienone is 1. The van der Waals surface area contributed by atoms with E-state index in [1.165, 1.54) is 28.0 Å². The second-order valence-electron chi connectivity index (χ2n) is 12.3. The van der Waals surface area contributed by atoms with Gasteiger partial charge in [0.1, 0.15) is 11.5 Å². The van der Waals surface area contributed by atoms with E-state index >= 15 is 0 Å². The van der Waals surface area contributed by atoms with Gasteiger partial charge in [0.15, 0.2) is 4.80 Å². The van der Waals surface area contributed by atoms with Crippen LogP contribution in [0, 0.1) is 13.8 Å². The molecule has 0 unspecified atom stereocenters. The Kier molecular flexibility index (Phi) is 7.49. The van der Waals surface area contributed by atoms with Gasteiger partial charge >= 0.3 is 0 Å². The third-order valence-electron chi connectivity index (χ3n) is 9.60. The number of benzene rings is 4. The summed E-state index contributed by atoms with van der Waals surface area (Å²) in [6.45, 7) is 4.22. The highest BCUT2D eigenvalue weighted by Crippen LogP contribution is 2.44. The molecule has 7 heteroatoms. The van der Waals surface area contributed by atoms with E-state index < -0.39 is 0 Å². The number of fused-ring (bicyclic) bond motifs is 3. The number of ether oxygens (including phenoxy) is 2. The summed E-state index contributed by atoms with van der Waals surface area (Å²) < 4.78 is 16.2. The molecule has 0 N–H and O–H groups in total. The fourth-order valence-electron chi connectivity index (χ4n) is 7.25. The molecule has 6 nitrogen and oxygen atoms in total. The van der Waals surface area contributed by atoms with Gasteiger partial charge in [0, 0.05) is 34.3 Å². The first-order valence-corrected chi connectivity index (χ1v) is 17.0. The second-order valence-corrected chi connectivity index (χ2v) is 13.3. The van der Waals surface area contributed by atoms with Crippen LogP contribution in [0.5, 0.6) is 11.5 Å². The van der Waals surface area contributed by atoms with Gasteiger partial charge in [0.25, 0.3) is 5.56 Å². The van der Waals surface area contributed by atoms with Gasteiger partial charge < -0.3 is 14.0 Å². The predicted octanol–water partition coefficient (Wildman–Crippen LogP) is 7.41. The van der Waals surface area contributed by atoms with Gasteiger partial charge in [-0.15, -0.1) is 0 Å². The standard InChI is InChI=1S/C41H35N3O3S/c1-25-22-30(26(2)43(25)31-17-14-28(15-18-31)27-10-6-5-7-11-27)23-37-40(45)44-39(34-21-19-32(46-3)24-36(34)47-4)35-20-16-29-12-8-9-13-33(29)38(35)42-41(44)48-37/h5-15,17-19,21-24,39H,16,20H2,1-4H3/b37-23+/t39-/m0/s1. The van der Waals surface area contributed by atoms with Crippen molar-refractivity contribution >= 4 is 23.1 Å². The van der Waals surface area contributed by atoms with E-state index in [0.29, 0.717) is 20.8 Å². The van der Waals surface area contributed by atoms with Gasteiger partial charge in [-0.25, -0.2) is 4.99 Å². The molecule has 0 saturated carbocycles. The van der Waals surface area contributed by atoms with Gasteiger partial charge in [-0.05, 0) is 90.9 Å². The van der Waals surface area contributed by atoms with E-state index in [4.69, 9.17) is 14.5 Å². The number of rotatable bonds is 6. The zero-order chi connectivity index (χ0) is 32.9. The summed E-state index contributed by atoms with van der Waals surface area (Å²) in [5.41, 5.74) is 12.0. The minimum Gasteiger partial charge on any atom is -0.497 e. The monoisotopic (exact) mass is 649 g/mol. The van der Waals surface area contributed by atoms with Gasteiger partial charge in [0.2, 0.25) is 0 Å². The lowest BCUT2D eigenvalue weighted by molar-refractivity contribution is 0.386. The Morgan fingerprint density at radius 3 is 2.35 bits per heavy atom. The Balaban J connectivity index is 1.27. The maximum Gasteiger partial charge on any atom is 0.271 e. The smallest absolute Gasteiger partial charge is 0.271 e. The Morgan fingerprint density at radius 1 is 0.833 bits per heavy atom. The summed E-state index contributed by atoms with van der Waals surface area (Å²) in [5.74, 6) is 1.39. The minimum absolute atomic E-state index is 0.0518. The van der Waals surface area contributed by atoms with E-state index in [-0.39, 0.29) is 11.6 Å². The molecule has 0 fully saturated rings. The van der Waals surface area contributed by atoms with Crippen LogP contribution in [0.2, 0.25) is 0 Å². The predicted molar refractivity (Wildman–Crippen MR) is 193 cm³/mol. The molecular weight excluding hydrogens is 615 g/mol. The lowest BCUT2D eigenvalue weighted by atomic mass is 9.83. The maximum absolute atomic E-state index is 14.5. The molecule has 3 heterocycles. The van der Waals surface area contributed by atoms with Crippen LogP contribution in [0.1, 0.15) is 46.1 Å². The Morgan fingerprint density at radius 2 is 1.58 bits per heavy atom. The van der Waals surface area contributed by atoms with Crippen LogP contribution in [0.3, 0.4) is 0 Å². The van der Waals surface area contributed by atoms with Crippen molar-refractivity contribution in [3.05, 3.63) is 162 Å². The van der Waals surface area contributed by atoms with Crippen molar-refractivity contribution in [3.63, 3.8) is 0 Å². The van der Waals surface area contributed by atoms with Crippen molar-refractivity contribution < 1.29 is 9.47 Å². The first-order valence-electron chi connectivity index (χ1n) is 16.1. The van der Waals surface area contributed by atoms with Crippen molar-refractivity contribution in [2.45, 2.75) is 32.7 Å². The molecular formula is C41H35N3O3S. The highest BCUT2D eigenvalue weighted by molar-refractivity contribution is 7.07. The molecule has 8 rings (SSSR count). The van der Waals surface area contributed by atoms with Crippen molar-refractivity contribution in [2.24, 2.45) is 4.99 Å². The molecule has 0 saturated heterocycles. The molecule has 48 heavy (non-hydrogen) atoms. The topological polar surface area (TPSA) is 57.8 Å². The Labute approximate surface area is 283 Å². The molecule has 1 aliphatic carbocycles. The van der Waals surface area contributed by atoms with E-state index in [2.05, 4.69) is 97.3 Å². The molecule has 6 aromatic rings. The van der Waals surface area contributed by atoms with Crippen molar-refractivity contribution in [1.29, 1.82) is 0 Å². The lowest BCUT2D eigenvalue weighted by Crippen LogP contribution is -2.39. The molecule has 1 atom stereocenters. The van der Waals surface area contributed by atoms with Crippen molar-refractivity contribution in [1.82, 2.24) is 9.13 Å². The van der Waals surface area contributed by atoms with Gasteiger partial charge in [-0.3, -0.25) is 9.36 Å². The van der Waals surface area contributed by atoms with Crippen LogP contribution in [0.25, 0.3) is 28.6 Å². The van der Waals surface area contributed by atoms with Crippen LogP contribution in [0.4, 0.5) is 0 Å². The largest absolute Gasteiger partial charge is 0.497 e. The Bertz CT molecular complexity index is 2410. The van der Waals surface area contributed by atoms with E-state index in [9.17, 15) is 4.79 Å². The SMILES string of the molecule is COc1ccc([C@H]2C3=C(N=c4s/c(=C/c5cc(C)n(-c6ccc(-c7ccccc7)cc6)c5C)c(=O)n42)c2ccccc2CC3)c(OC)c1. The van der Waals surface area contributed by atoms with Crippen LogP contribution in [-0.4, -0.2) is 23.4 Å². The van der Waals surface area contributed by atoms with Crippen LogP contribution in [-0.2, 0) is 6.42 Å². The number of hydrogen-bond donors (Lipinski definition) is 0. The average molecular weight is 650 g/mol. The number of thiazole rings is 1. The molecule has 238 valence electrons. The minimum atomic E-state index is -0.344. The highest BCUT2D eigenvalue weighted by Gasteiger charge is 2.34. The lowest BCUT2D eigenvalue weighted by Gasteiger charge is -2.31. The van der Waals surface area contributed by atoms with Gasteiger partial charge in [0.05, 0.1) is 30.5 Å². The normalized spacial score (nSPS) is 15.4. The van der Waals surface area contributed by atoms with Crippen LogP contribution in [0.15, 0.2) is 118 Å². The van der Waals surface area contributed by atoms with Crippen LogP contribution < -0.4 is 24.4 Å². The number of nitrogens with zero attached hydrogens (tertiary/aromatic N) is 3. The molecule has 0 radical (unpaired) electrons. The quantitative estimate of drug-likeness (QED) is 0.189. The third-order valence-corrected chi connectivity index (χ3v) is 10.6. The second kappa shape index (κ2) is 12.0. The van der Waals surface area contributed by atoms with Gasteiger partial charge in [-0.2, -0.15) is 0 Å². The summed E-state index contributed by atoms with van der Waals surface area (Å²) in [6, 6.07) is 35.2. The van der Waals surface area contributed by atoms with Gasteiger partial charge in [-0.1, -0.05) is 78.1 Å². The van der Waals surface area contributed by atoms with E-state index in [1.807, 2.05) is 34.9 Å². The summed E-state index contributed by atoms with van der Waals surface area (Å²) in [5, 5.41) is 0. The third kappa shape index (κ3) is 4.93. The summed E-state index contributed by atoms with van der Waals surface area (Å²) in [6.07, 6.45) is 3.73. The van der Waals surface area contributed by atoms with Crippen molar-refractivity contribution in [3.8, 4) is 28.3 Å². The molecule has 0 spiro atoms. The van der Waals surface area contributed by atoms with E-state index in [0.717, 1.165) is 57.9 Å². The zero-order valence-corrected chi connectivity index (χ0v) is 28.2. The summed E-state index contributed by atoms with van der Waals surface area (Å²) in [7, 11) is 3.31. The first-order chi connectivity index (χ1) is 23.4. The summed E-state index contributed by atoms with van der Waals surface area (Å²) >= 11 is 1.45. The van der Waals surface area contributed by atoms with E-state index in [1.54, 1.807) is 14.2 Å². The number of aromatic nitrogens is 2. The molecule has 2 aromatic heterocycles. The fourth-order valence-corrected chi connectivity index (χ4v) is 8.24. The summed E-state index contributed by atoms with van der Waals surface area (Å²) in [4.78, 5) is 20.4. The maximum atomic E-state index is 14.5. The number of methoxy groups -OCH3 is 2. The number of aryl methyl sites for hydroxylation is 2. The molecule has 0 amide bonds. The van der Waals surface area contributed by atoms with Crippen molar-refractivity contribution in [2.75, 3.05) is 14.2 Å². The van der Waals surface area contributed by atoms with Crippen LogP contribution >= 0.6 is 11.3 Å².